The Balaban J connectivity index is 3.00. The number of hydrogen-bond donors (Lipinski definition) is 0. The quantitative estimate of drug-likeness (QED) is 0.313. The Morgan fingerprint density at radius 2 is 1.86 bits per heavy atom. The van der Waals surface area contributed by atoms with E-state index in [1.165, 1.54) is 0 Å². The summed E-state index contributed by atoms with van der Waals surface area (Å²) in [5, 5.41) is 0. The first-order valence-corrected chi connectivity index (χ1v) is 2.00. The molecule has 0 N–H and O–H groups in total. The van der Waals surface area contributed by atoms with Gasteiger partial charge in [-0.05, 0) is 0 Å². The topological polar surface area (TPSA) is 36.4 Å². The summed E-state index contributed by atoms with van der Waals surface area (Å²) in [4.78, 5) is 2.93. The molecule has 0 unspecified atom stereocenters. The summed E-state index contributed by atoms with van der Waals surface area (Å²) in [5.74, 6) is 0. The lowest BCUT2D eigenvalue weighted by Crippen LogP contribution is -1.80. The van der Waals surface area contributed by atoms with Crippen LogP contribution in [0.2, 0.25) is 0 Å². The first-order valence-electron chi connectivity index (χ1n) is 2.00. The lowest BCUT2D eigenvalue weighted by molar-refractivity contribution is -0.00130. The maximum atomic E-state index is 8.05. The van der Waals surface area contributed by atoms with Crippen LogP contribution in [0.4, 0.5) is 0 Å². The third-order valence-corrected chi connectivity index (χ3v) is 0.761. The lowest BCUT2D eigenvalue weighted by Gasteiger charge is -1.59. The molecule has 0 aromatic carbocycles. The monoisotopic (exact) mass is 92.0 g/mol. The standard InChI is InChI=1S/C5H4N2/c6-7-5-3-1-2-4-5/h1-4H. The molecule has 34 valence electrons. The van der Waals surface area contributed by atoms with Crippen LogP contribution in [0.5, 0.6) is 0 Å². The van der Waals surface area contributed by atoms with Gasteiger partial charge in [-0.1, -0.05) is 12.2 Å². The highest BCUT2D eigenvalue weighted by Crippen LogP contribution is 1.89. The van der Waals surface area contributed by atoms with Crippen LogP contribution in [-0.4, -0.2) is 10.5 Å². The molecule has 2 nitrogen and oxygen atoms in total. The zero-order valence-corrected chi connectivity index (χ0v) is 3.70. The summed E-state index contributed by atoms with van der Waals surface area (Å²) >= 11 is 0. The molecule has 0 saturated heterocycles. The molecule has 0 aliphatic heterocycles. The van der Waals surface area contributed by atoms with Crippen LogP contribution in [0, 0.1) is 0 Å². The van der Waals surface area contributed by atoms with Gasteiger partial charge in [0, 0.05) is 12.2 Å². The summed E-state index contributed by atoms with van der Waals surface area (Å²) in [6.45, 7) is 0. The van der Waals surface area contributed by atoms with Gasteiger partial charge in [0.2, 0.25) is 0 Å². The molecule has 0 bridgehead atoms. The Kier molecular flexibility index (Phi) is 0.886. The SMILES string of the molecule is [N-]=[N+]=C1C=CC=C1. The van der Waals surface area contributed by atoms with E-state index in [0.29, 0.717) is 5.71 Å². The normalized spacial score (nSPS) is 15.1. The van der Waals surface area contributed by atoms with E-state index in [0.717, 1.165) is 0 Å². The van der Waals surface area contributed by atoms with Crippen molar-refractivity contribution in [3.05, 3.63) is 29.8 Å². The molecule has 1 aliphatic carbocycles. The minimum Gasteiger partial charge on any atom is -0.361 e. The van der Waals surface area contributed by atoms with E-state index in [9.17, 15) is 0 Å². The molecule has 0 atom stereocenters. The zero-order valence-electron chi connectivity index (χ0n) is 3.70. The van der Waals surface area contributed by atoms with E-state index in [1.807, 2.05) is 12.2 Å². The highest BCUT2D eigenvalue weighted by molar-refractivity contribution is 6.02. The van der Waals surface area contributed by atoms with Gasteiger partial charge in [-0.25, -0.2) is 0 Å². The van der Waals surface area contributed by atoms with E-state index in [2.05, 4.69) is 4.79 Å². The number of hydrogen-bond acceptors (Lipinski definition) is 0. The molecule has 2 heteroatoms. The van der Waals surface area contributed by atoms with Gasteiger partial charge >= 0.3 is 5.71 Å². The molecule has 0 saturated carbocycles. The second-order valence-corrected chi connectivity index (χ2v) is 1.24. The highest BCUT2D eigenvalue weighted by atomic mass is 14.8. The van der Waals surface area contributed by atoms with Gasteiger partial charge in [-0.15, -0.1) is 0 Å². The van der Waals surface area contributed by atoms with Gasteiger partial charge in [0.1, 0.15) is 0 Å². The third-order valence-electron chi connectivity index (χ3n) is 0.761. The van der Waals surface area contributed by atoms with E-state index in [4.69, 9.17) is 5.53 Å². The fourth-order valence-corrected chi connectivity index (χ4v) is 0.431. The van der Waals surface area contributed by atoms with Gasteiger partial charge in [0.05, 0.1) is 0 Å². The van der Waals surface area contributed by atoms with Crippen LogP contribution < -0.4 is 0 Å². The van der Waals surface area contributed by atoms with Crippen LogP contribution in [0.1, 0.15) is 0 Å². The number of rotatable bonds is 0. The minimum absolute atomic E-state index is 0.611. The van der Waals surface area contributed by atoms with Gasteiger partial charge in [-0.3, -0.25) is 0 Å². The summed E-state index contributed by atoms with van der Waals surface area (Å²) in [5.41, 5.74) is 8.66. The number of allylic oxidation sites excluding steroid dienone is 4. The molecule has 1 aliphatic rings. The molecule has 0 radical (unpaired) electrons. The Morgan fingerprint density at radius 1 is 1.29 bits per heavy atom. The average Bonchev–Trinajstić information content (AvgIpc) is 2.14. The second-order valence-electron chi connectivity index (χ2n) is 1.24. The number of nitrogens with zero attached hydrogens (tertiary/aromatic N) is 2. The predicted octanol–water partition coefficient (Wildman–Crippen LogP) is 0.783. The Hall–Kier alpha value is -1.14. The maximum Gasteiger partial charge on any atom is 0.315 e. The van der Waals surface area contributed by atoms with Crippen molar-refractivity contribution in [3.63, 3.8) is 0 Å². The molecule has 0 fully saturated rings. The van der Waals surface area contributed by atoms with Crippen molar-refractivity contribution in [1.82, 2.24) is 0 Å². The van der Waals surface area contributed by atoms with Gasteiger partial charge in [-0.2, -0.15) is 4.79 Å². The lowest BCUT2D eigenvalue weighted by atomic mass is 10.4. The minimum atomic E-state index is 0.611. The average molecular weight is 92.1 g/mol. The van der Waals surface area contributed by atoms with Crippen molar-refractivity contribution in [3.8, 4) is 0 Å². The van der Waals surface area contributed by atoms with Crippen LogP contribution in [0.3, 0.4) is 0 Å². The second kappa shape index (κ2) is 1.54. The van der Waals surface area contributed by atoms with Crippen molar-refractivity contribution in [1.29, 1.82) is 0 Å². The molecule has 0 aromatic heterocycles. The summed E-state index contributed by atoms with van der Waals surface area (Å²) in [6, 6.07) is 0. The van der Waals surface area contributed by atoms with Crippen LogP contribution in [0.15, 0.2) is 24.3 Å². The third kappa shape index (κ3) is 0.643. The van der Waals surface area contributed by atoms with Crippen LogP contribution in [0.25, 0.3) is 5.53 Å². The molecule has 0 aromatic rings. The van der Waals surface area contributed by atoms with Crippen molar-refractivity contribution in [2.75, 3.05) is 0 Å². The summed E-state index contributed by atoms with van der Waals surface area (Å²) < 4.78 is 0. The van der Waals surface area contributed by atoms with Gasteiger partial charge < -0.3 is 5.53 Å². The van der Waals surface area contributed by atoms with E-state index in [1.54, 1.807) is 12.2 Å². The maximum absolute atomic E-state index is 8.05. The van der Waals surface area contributed by atoms with E-state index < -0.39 is 0 Å². The van der Waals surface area contributed by atoms with Gasteiger partial charge in [0.25, 0.3) is 0 Å². The molecule has 0 heterocycles. The molecule has 0 spiro atoms. The van der Waals surface area contributed by atoms with Crippen LogP contribution >= 0.6 is 0 Å². The summed E-state index contributed by atoms with van der Waals surface area (Å²) in [7, 11) is 0. The Morgan fingerprint density at radius 3 is 2.14 bits per heavy atom. The molecule has 7 heavy (non-hydrogen) atoms. The smallest absolute Gasteiger partial charge is 0.315 e. The van der Waals surface area contributed by atoms with Crippen molar-refractivity contribution in [2.45, 2.75) is 0 Å². The van der Waals surface area contributed by atoms with Crippen LogP contribution in [-0.2, 0) is 0 Å². The Bertz CT molecular complexity index is 157. The Labute approximate surface area is 41.4 Å². The van der Waals surface area contributed by atoms with Gasteiger partial charge in [0.15, 0.2) is 0 Å². The molecule has 1 rings (SSSR count). The fourth-order valence-electron chi connectivity index (χ4n) is 0.431. The first kappa shape index (κ1) is 4.03. The molecule has 0 amide bonds. The predicted molar refractivity (Wildman–Crippen MR) is 26.9 cm³/mol. The molecular formula is C5H4N2. The van der Waals surface area contributed by atoms with E-state index in [-0.39, 0.29) is 0 Å². The van der Waals surface area contributed by atoms with Crippen molar-refractivity contribution in [2.24, 2.45) is 0 Å². The first-order chi connectivity index (χ1) is 3.43. The van der Waals surface area contributed by atoms with E-state index >= 15 is 0 Å². The molecular weight excluding hydrogens is 88.1 g/mol. The fraction of sp³-hybridized carbons (Fsp3) is 0. The summed E-state index contributed by atoms with van der Waals surface area (Å²) in [6.07, 6.45) is 7.07. The largest absolute Gasteiger partial charge is 0.361 e. The highest BCUT2D eigenvalue weighted by Gasteiger charge is 1.96. The van der Waals surface area contributed by atoms with Crippen molar-refractivity contribution < 1.29 is 4.79 Å². The van der Waals surface area contributed by atoms with Crippen molar-refractivity contribution >= 4 is 5.71 Å². The zero-order chi connectivity index (χ0) is 5.11.